The second-order valence-electron chi connectivity index (χ2n) is 6.06. The van der Waals surface area contributed by atoms with Gasteiger partial charge in [0.2, 0.25) is 0 Å². The number of nitrogens with zero attached hydrogens (tertiary/aromatic N) is 2. The molecule has 2 aliphatic heterocycles. The van der Waals surface area contributed by atoms with Crippen LogP contribution in [0.5, 0.6) is 0 Å². The van der Waals surface area contributed by atoms with E-state index in [9.17, 15) is 0 Å². The molecule has 5 nitrogen and oxygen atoms in total. The summed E-state index contributed by atoms with van der Waals surface area (Å²) in [7, 11) is 0. The second-order valence-corrected chi connectivity index (χ2v) is 6.06. The Morgan fingerprint density at radius 2 is 2.05 bits per heavy atom. The van der Waals surface area contributed by atoms with Gasteiger partial charge in [-0.3, -0.25) is 4.90 Å². The van der Waals surface area contributed by atoms with E-state index >= 15 is 0 Å². The number of nitrogens with one attached hydrogen (secondary N) is 1. The fourth-order valence-corrected chi connectivity index (χ4v) is 3.59. The fourth-order valence-electron chi connectivity index (χ4n) is 3.59. The van der Waals surface area contributed by atoms with E-state index in [2.05, 4.69) is 15.4 Å². The third kappa shape index (κ3) is 3.19. The molecule has 2 saturated heterocycles. The van der Waals surface area contributed by atoms with Crippen molar-refractivity contribution in [2.24, 2.45) is 10.9 Å². The number of rotatable bonds is 4. The van der Waals surface area contributed by atoms with Gasteiger partial charge in [-0.1, -0.05) is 35.8 Å². The Kier molecular flexibility index (Phi) is 4.41. The maximum Gasteiger partial charge on any atom is 0.170 e. The summed E-state index contributed by atoms with van der Waals surface area (Å²) in [5.74, 6) is 0.156. The number of fused-ring (bicyclic) bond motifs is 1. The molecular formula is C16H24N4O. The smallest absolute Gasteiger partial charge is 0.170 e. The van der Waals surface area contributed by atoms with Gasteiger partial charge in [0.05, 0.1) is 0 Å². The van der Waals surface area contributed by atoms with Gasteiger partial charge in [0, 0.05) is 30.7 Å². The lowest BCUT2D eigenvalue weighted by molar-refractivity contribution is 0.180. The van der Waals surface area contributed by atoms with Gasteiger partial charge in [0.1, 0.15) is 0 Å². The Morgan fingerprint density at radius 1 is 1.24 bits per heavy atom. The van der Waals surface area contributed by atoms with Crippen molar-refractivity contribution in [2.45, 2.75) is 44.3 Å². The summed E-state index contributed by atoms with van der Waals surface area (Å²) in [5, 5.41) is 15.4. The highest BCUT2D eigenvalue weighted by Gasteiger charge is 2.34. The van der Waals surface area contributed by atoms with Crippen LogP contribution in [0.3, 0.4) is 0 Å². The van der Waals surface area contributed by atoms with E-state index in [1.54, 1.807) is 0 Å². The van der Waals surface area contributed by atoms with Gasteiger partial charge < -0.3 is 16.3 Å². The van der Waals surface area contributed by atoms with Gasteiger partial charge in [-0.15, -0.1) is 0 Å². The quantitative estimate of drug-likeness (QED) is 0.340. The van der Waals surface area contributed by atoms with Crippen LogP contribution in [0.25, 0.3) is 0 Å². The third-order valence-electron chi connectivity index (χ3n) is 4.78. The lowest BCUT2D eigenvalue weighted by atomic mass is 9.99. The van der Waals surface area contributed by atoms with Crippen LogP contribution < -0.4 is 11.1 Å². The maximum absolute atomic E-state index is 8.66. The molecule has 0 radical (unpaired) electrons. The molecular weight excluding hydrogens is 264 g/mol. The van der Waals surface area contributed by atoms with E-state index in [-0.39, 0.29) is 5.84 Å². The lowest BCUT2D eigenvalue weighted by Gasteiger charge is -2.32. The maximum atomic E-state index is 8.66. The average Bonchev–Trinajstić information content (AvgIpc) is 2.96. The van der Waals surface area contributed by atoms with Crippen LogP contribution in [0.15, 0.2) is 29.4 Å². The highest BCUT2D eigenvalue weighted by Crippen LogP contribution is 2.27. The van der Waals surface area contributed by atoms with Crippen LogP contribution in [-0.2, 0) is 6.54 Å². The molecule has 4 N–H and O–H groups in total. The molecule has 0 aromatic heterocycles. The predicted octanol–water partition coefficient (Wildman–Crippen LogP) is 1.50. The van der Waals surface area contributed by atoms with Gasteiger partial charge in [0.15, 0.2) is 5.84 Å². The van der Waals surface area contributed by atoms with Crippen molar-refractivity contribution in [1.29, 1.82) is 0 Å². The molecule has 0 aliphatic carbocycles. The zero-order valence-corrected chi connectivity index (χ0v) is 12.3. The van der Waals surface area contributed by atoms with Crippen LogP contribution in [0, 0.1) is 0 Å². The van der Waals surface area contributed by atoms with Crippen LogP contribution in [-0.4, -0.2) is 41.1 Å². The van der Waals surface area contributed by atoms with E-state index in [1.165, 1.54) is 44.3 Å². The summed E-state index contributed by atoms with van der Waals surface area (Å²) < 4.78 is 0. The largest absolute Gasteiger partial charge is 0.409 e. The first-order valence-corrected chi connectivity index (χ1v) is 7.82. The number of oxime groups is 1. The molecule has 21 heavy (non-hydrogen) atoms. The molecule has 2 fully saturated rings. The van der Waals surface area contributed by atoms with Crippen molar-refractivity contribution in [3.63, 3.8) is 0 Å². The van der Waals surface area contributed by atoms with E-state index in [4.69, 9.17) is 10.9 Å². The number of piperidine rings is 1. The second kappa shape index (κ2) is 6.45. The molecule has 0 bridgehead atoms. The summed E-state index contributed by atoms with van der Waals surface area (Å²) in [6, 6.07) is 9.22. The van der Waals surface area contributed by atoms with Crippen molar-refractivity contribution in [3.8, 4) is 0 Å². The van der Waals surface area contributed by atoms with Crippen LogP contribution in [0.2, 0.25) is 0 Å². The topological polar surface area (TPSA) is 73.9 Å². The van der Waals surface area contributed by atoms with E-state index in [0.717, 1.165) is 18.2 Å². The summed E-state index contributed by atoms with van der Waals surface area (Å²) in [4.78, 5) is 2.64. The number of benzene rings is 1. The summed E-state index contributed by atoms with van der Waals surface area (Å²) in [6.45, 7) is 3.40. The molecule has 1 aromatic carbocycles. The van der Waals surface area contributed by atoms with Crippen molar-refractivity contribution in [1.82, 2.24) is 10.2 Å². The SMILES string of the molecule is NC(=NO)c1ccc(CNC2CCN3CCCCC23)cc1. The van der Waals surface area contributed by atoms with Crippen molar-refractivity contribution in [2.75, 3.05) is 13.1 Å². The standard InChI is InChI=1S/C16H24N4O/c17-16(19-21)13-6-4-12(5-7-13)11-18-14-8-10-20-9-2-1-3-15(14)20/h4-7,14-15,18,21H,1-3,8-11H2,(H2,17,19). The average molecular weight is 288 g/mol. The first-order chi connectivity index (χ1) is 10.3. The molecule has 0 spiro atoms. The lowest BCUT2D eigenvalue weighted by Crippen LogP contribution is -2.44. The first-order valence-electron chi connectivity index (χ1n) is 7.82. The van der Waals surface area contributed by atoms with E-state index < -0.39 is 0 Å². The predicted molar refractivity (Wildman–Crippen MR) is 83.4 cm³/mol. The van der Waals surface area contributed by atoms with Gasteiger partial charge in [0.25, 0.3) is 0 Å². The molecule has 5 heteroatoms. The number of amidine groups is 1. The van der Waals surface area contributed by atoms with Crippen LogP contribution >= 0.6 is 0 Å². The molecule has 2 heterocycles. The number of hydrogen-bond donors (Lipinski definition) is 3. The zero-order chi connectivity index (χ0) is 14.7. The number of nitrogens with two attached hydrogens (primary N) is 1. The third-order valence-corrected chi connectivity index (χ3v) is 4.78. The van der Waals surface area contributed by atoms with E-state index in [0.29, 0.717) is 6.04 Å². The molecule has 3 rings (SSSR count). The summed E-state index contributed by atoms with van der Waals surface area (Å²) in [6.07, 6.45) is 5.32. The summed E-state index contributed by atoms with van der Waals surface area (Å²) in [5.41, 5.74) is 7.56. The molecule has 2 aliphatic rings. The molecule has 1 aromatic rings. The monoisotopic (exact) mass is 288 g/mol. The fraction of sp³-hybridized carbons (Fsp3) is 0.562. The van der Waals surface area contributed by atoms with Crippen LogP contribution in [0.1, 0.15) is 36.8 Å². The molecule has 114 valence electrons. The Balaban J connectivity index is 1.55. The Morgan fingerprint density at radius 3 is 2.81 bits per heavy atom. The van der Waals surface area contributed by atoms with Gasteiger partial charge >= 0.3 is 0 Å². The number of hydrogen-bond acceptors (Lipinski definition) is 4. The minimum Gasteiger partial charge on any atom is -0.409 e. The zero-order valence-electron chi connectivity index (χ0n) is 12.3. The highest BCUT2D eigenvalue weighted by atomic mass is 16.4. The molecule has 2 atom stereocenters. The first kappa shape index (κ1) is 14.4. The Bertz CT molecular complexity index is 500. The normalized spacial score (nSPS) is 26.8. The van der Waals surface area contributed by atoms with Crippen molar-refractivity contribution >= 4 is 5.84 Å². The van der Waals surface area contributed by atoms with E-state index in [1.807, 2.05) is 24.3 Å². The highest BCUT2D eigenvalue weighted by molar-refractivity contribution is 5.96. The summed E-state index contributed by atoms with van der Waals surface area (Å²) >= 11 is 0. The van der Waals surface area contributed by atoms with Gasteiger partial charge in [-0.25, -0.2) is 0 Å². The van der Waals surface area contributed by atoms with Gasteiger partial charge in [-0.2, -0.15) is 0 Å². The van der Waals surface area contributed by atoms with Gasteiger partial charge in [-0.05, 0) is 31.4 Å². The van der Waals surface area contributed by atoms with Crippen molar-refractivity contribution in [3.05, 3.63) is 35.4 Å². The molecule has 2 unspecified atom stereocenters. The van der Waals surface area contributed by atoms with Crippen LogP contribution in [0.4, 0.5) is 0 Å². The molecule has 0 saturated carbocycles. The Hall–Kier alpha value is -1.59. The van der Waals surface area contributed by atoms with Crippen molar-refractivity contribution < 1.29 is 5.21 Å². The minimum atomic E-state index is 0.156. The minimum absolute atomic E-state index is 0.156. The molecule has 0 amide bonds. The Labute approximate surface area is 125 Å².